The molecule has 1 aliphatic rings. The Balaban J connectivity index is 0.00000101. The first-order valence-electron chi connectivity index (χ1n) is 9.25. The molecule has 0 saturated carbocycles. The van der Waals surface area contributed by atoms with Crippen LogP contribution < -0.4 is 10.2 Å². The van der Waals surface area contributed by atoms with E-state index in [1.807, 2.05) is 12.3 Å². The van der Waals surface area contributed by atoms with Crippen LogP contribution in [-0.2, 0) is 20.1 Å². The van der Waals surface area contributed by atoms with E-state index in [0.29, 0.717) is 11.3 Å². The largest absolute Gasteiger partial charge is 0.442 e. The zero-order chi connectivity index (χ0) is 22.1. The molecule has 3 rings (SSSR count). The summed E-state index contributed by atoms with van der Waals surface area (Å²) in [5.74, 6) is 0.132. The first kappa shape index (κ1) is 23.3. The van der Waals surface area contributed by atoms with Crippen LogP contribution in [0.15, 0.2) is 36.5 Å². The molecule has 160 valence electrons. The Labute approximate surface area is 179 Å². The summed E-state index contributed by atoms with van der Waals surface area (Å²) in [5, 5.41) is 2.61. The summed E-state index contributed by atoms with van der Waals surface area (Å²) in [7, 11) is 0. The van der Waals surface area contributed by atoms with Crippen molar-refractivity contribution in [1.29, 1.82) is 0 Å². The smallest absolute Gasteiger partial charge is 0.414 e. The summed E-state index contributed by atoms with van der Waals surface area (Å²) < 4.78 is 19.9. The maximum atomic E-state index is 14.7. The predicted octanol–water partition coefficient (Wildman–Crippen LogP) is 3.42. The molecule has 9 heteroatoms. The zero-order valence-corrected chi connectivity index (χ0v) is 17.9. The second kappa shape index (κ2) is 11.3. The number of nitrogens with zero attached hydrogens (tertiary/aromatic N) is 2. The Morgan fingerprint density at radius 1 is 1.40 bits per heavy atom. The lowest BCUT2D eigenvalue weighted by atomic mass is 10.0. The molecular weight excluding hydrogens is 409 g/mol. The third-order valence-electron chi connectivity index (χ3n) is 4.14. The van der Waals surface area contributed by atoms with Crippen molar-refractivity contribution in [2.45, 2.75) is 25.7 Å². The van der Waals surface area contributed by atoms with Crippen molar-refractivity contribution in [1.82, 2.24) is 10.3 Å². The van der Waals surface area contributed by atoms with Gasteiger partial charge in [-0.1, -0.05) is 0 Å². The summed E-state index contributed by atoms with van der Waals surface area (Å²) in [6.45, 7) is 3.32. The number of benzene rings is 1. The van der Waals surface area contributed by atoms with E-state index in [1.165, 1.54) is 24.8 Å². The topological polar surface area (TPSA) is 88.6 Å². The van der Waals surface area contributed by atoms with Gasteiger partial charge >= 0.3 is 6.09 Å². The fraction of sp³-hybridized carbons (Fsp3) is 0.333. The Bertz CT molecular complexity index is 910. The first-order chi connectivity index (χ1) is 14.4. The molecular formula is C21H24FN3O4S. The van der Waals surface area contributed by atoms with E-state index in [1.54, 1.807) is 36.2 Å². The minimum Gasteiger partial charge on any atom is -0.442 e. The number of cyclic esters (lactones) is 1. The normalized spacial score (nSPS) is 15.1. The molecule has 1 aromatic carbocycles. The van der Waals surface area contributed by atoms with Crippen molar-refractivity contribution in [3.63, 3.8) is 0 Å². The monoisotopic (exact) mass is 433 g/mol. The van der Waals surface area contributed by atoms with Crippen LogP contribution in [0.1, 0.15) is 19.5 Å². The van der Waals surface area contributed by atoms with E-state index in [4.69, 9.17) is 9.53 Å². The number of halogens is 1. The third-order valence-corrected chi connectivity index (χ3v) is 4.72. The predicted molar refractivity (Wildman–Crippen MR) is 115 cm³/mol. The van der Waals surface area contributed by atoms with E-state index in [9.17, 15) is 14.0 Å². The Hall–Kier alpha value is -2.94. The molecule has 2 aromatic rings. The molecule has 1 unspecified atom stereocenters. The lowest BCUT2D eigenvalue weighted by Gasteiger charge is -2.14. The van der Waals surface area contributed by atoms with Gasteiger partial charge in [-0.15, -0.1) is 0 Å². The van der Waals surface area contributed by atoms with Crippen molar-refractivity contribution < 1.29 is 23.5 Å². The third kappa shape index (κ3) is 6.28. The number of hydrogen-bond donors (Lipinski definition) is 1. The number of ether oxygens (including phenoxy) is 1. The molecule has 2 amide bonds. The average Bonchev–Trinajstić information content (AvgIpc) is 3.08. The van der Waals surface area contributed by atoms with Gasteiger partial charge in [0.1, 0.15) is 18.2 Å². The fourth-order valence-corrected chi connectivity index (χ4v) is 3.33. The molecule has 1 saturated heterocycles. The van der Waals surface area contributed by atoms with Gasteiger partial charge in [0.25, 0.3) is 0 Å². The van der Waals surface area contributed by atoms with Crippen LogP contribution in [0.5, 0.6) is 0 Å². The second-order valence-corrected chi connectivity index (χ2v) is 7.29. The van der Waals surface area contributed by atoms with Crippen molar-refractivity contribution >= 4 is 35.7 Å². The van der Waals surface area contributed by atoms with Crippen molar-refractivity contribution in [2.75, 3.05) is 24.2 Å². The minimum atomic E-state index is -0.552. The SMILES string of the molecule is CC=O.CSCc1cc(-c2ccc(N3CC(CNC(C)=O)OC3=O)cc2F)ccn1. The van der Waals surface area contributed by atoms with Crippen LogP contribution in [0.2, 0.25) is 0 Å². The summed E-state index contributed by atoms with van der Waals surface area (Å²) in [6, 6.07) is 8.29. The summed E-state index contributed by atoms with van der Waals surface area (Å²) in [4.78, 5) is 37.5. The van der Waals surface area contributed by atoms with Crippen LogP contribution >= 0.6 is 11.8 Å². The van der Waals surface area contributed by atoms with E-state index in [-0.39, 0.29) is 19.0 Å². The van der Waals surface area contributed by atoms with Crippen LogP contribution in [0.3, 0.4) is 0 Å². The lowest BCUT2D eigenvalue weighted by molar-refractivity contribution is -0.119. The maximum Gasteiger partial charge on any atom is 0.414 e. The van der Waals surface area contributed by atoms with Gasteiger partial charge in [0.15, 0.2) is 0 Å². The van der Waals surface area contributed by atoms with Gasteiger partial charge in [0.05, 0.1) is 24.5 Å². The van der Waals surface area contributed by atoms with Crippen molar-refractivity contribution in [2.24, 2.45) is 0 Å². The average molecular weight is 434 g/mol. The van der Waals surface area contributed by atoms with Gasteiger partial charge in [0, 0.05) is 24.4 Å². The van der Waals surface area contributed by atoms with E-state index in [0.717, 1.165) is 23.3 Å². The van der Waals surface area contributed by atoms with Gasteiger partial charge in [-0.3, -0.25) is 14.7 Å². The highest BCUT2D eigenvalue weighted by molar-refractivity contribution is 7.97. The number of amides is 2. The molecule has 0 aliphatic carbocycles. The Morgan fingerprint density at radius 3 is 2.77 bits per heavy atom. The number of anilines is 1. The number of thioether (sulfide) groups is 1. The molecule has 0 spiro atoms. The van der Waals surface area contributed by atoms with Gasteiger partial charge in [-0.25, -0.2) is 9.18 Å². The molecule has 1 fully saturated rings. The number of aldehydes is 1. The van der Waals surface area contributed by atoms with Crippen LogP contribution in [0.4, 0.5) is 14.9 Å². The molecule has 1 atom stereocenters. The molecule has 2 heterocycles. The van der Waals surface area contributed by atoms with Crippen LogP contribution in [-0.4, -0.2) is 48.7 Å². The number of rotatable bonds is 6. The first-order valence-corrected chi connectivity index (χ1v) is 10.6. The number of pyridine rings is 1. The van der Waals surface area contributed by atoms with Gasteiger partial charge in [0.2, 0.25) is 5.91 Å². The molecule has 1 aromatic heterocycles. The highest BCUT2D eigenvalue weighted by Gasteiger charge is 2.32. The van der Waals surface area contributed by atoms with Gasteiger partial charge < -0.3 is 14.8 Å². The lowest BCUT2D eigenvalue weighted by Crippen LogP contribution is -2.33. The Morgan fingerprint density at radius 2 is 2.13 bits per heavy atom. The number of carbonyl (C=O) groups excluding carboxylic acids is 3. The molecule has 7 nitrogen and oxygen atoms in total. The van der Waals surface area contributed by atoms with E-state index >= 15 is 0 Å². The Kier molecular flexibility index (Phi) is 8.79. The summed E-state index contributed by atoms with van der Waals surface area (Å²) in [5.41, 5.74) is 2.49. The highest BCUT2D eigenvalue weighted by atomic mass is 32.2. The molecule has 1 N–H and O–H groups in total. The summed E-state index contributed by atoms with van der Waals surface area (Å²) in [6.07, 6.45) is 3.39. The van der Waals surface area contributed by atoms with E-state index in [2.05, 4.69) is 10.3 Å². The second-order valence-electron chi connectivity index (χ2n) is 6.42. The highest BCUT2D eigenvalue weighted by Crippen LogP contribution is 2.29. The zero-order valence-electron chi connectivity index (χ0n) is 17.1. The molecule has 30 heavy (non-hydrogen) atoms. The summed E-state index contributed by atoms with van der Waals surface area (Å²) >= 11 is 1.65. The van der Waals surface area contributed by atoms with E-state index < -0.39 is 18.0 Å². The van der Waals surface area contributed by atoms with Crippen molar-refractivity contribution in [3.8, 4) is 11.1 Å². The number of aromatic nitrogens is 1. The molecule has 0 bridgehead atoms. The molecule has 0 radical (unpaired) electrons. The number of nitrogens with one attached hydrogen (secondary N) is 1. The minimum absolute atomic E-state index is 0.196. The van der Waals surface area contributed by atoms with Crippen molar-refractivity contribution in [3.05, 3.63) is 48.0 Å². The standard InChI is InChI=1S/C19H20FN3O3S.C2H4O/c1-12(24)22-9-16-10-23(19(25)26-16)15-3-4-17(18(20)8-15)13-5-6-21-14(7-13)11-27-2;1-2-3/h3-8,16H,9-11H2,1-2H3,(H,22,24);2H,1H3. The fourth-order valence-electron chi connectivity index (χ4n) is 2.87. The van der Waals surface area contributed by atoms with Gasteiger partial charge in [-0.2, -0.15) is 11.8 Å². The number of carbonyl (C=O) groups is 3. The molecule has 1 aliphatic heterocycles. The maximum absolute atomic E-state index is 14.7. The van der Waals surface area contributed by atoms with Crippen LogP contribution in [0, 0.1) is 5.82 Å². The quantitative estimate of drug-likeness (QED) is 0.703. The van der Waals surface area contributed by atoms with Crippen LogP contribution in [0.25, 0.3) is 11.1 Å². The van der Waals surface area contributed by atoms with Gasteiger partial charge in [-0.05, 0) is 49.1 Å². The number of hydrogen-bond acceptors (Lipinski definition) is 6.